The summed E-state index contributed by atoms with van der Waals surface area (Å²) in [4.78, 5) is 15.5. The standard InChI is InChI=1S/C20H17BrN4O4S/c1-2-30-20-23-19-17(24-25-20)13-9-11(21)7-8-14(13)22-18(29-19)12-5-3-4-6-15(12)28-10-16(26)27/h3-9,18,22H,2,10H2,1H3,(H,26,27)/t18-/m0/s1. The van der Waals surface area contributed by atoms with Crippen LogP contribution in [0.25, 0.3) is 11.3 Å². The zero-order chi connectivity index (χ0) is 21.1. The highest BCUT2D eigenvalue weighted by Gasteiger charge is 2.28. The smallest absolute Gasteiger partial charge is 0.341 e. The number of ether oxygens (including phenoxy) is 2. The Hall–Kier alpha value is -2.85. The number of aromatic nitrogens is 3. The lowest BCUT2D eigenvalue weighted by Gasteiger charge is -2.21. The van der Waals surface area contributed by atoms with Gasteiger partial charge in [-0.05, 0) is 36.1 Å². The van der Waals surface area contributed by atoms with Crippen molar-refractivity contribution in [3.63, 3.8) is 0 Å². The summed E-state index contributed by atoms with van der Waals surface area (Å²) in [6.45, 7) is 1.55. The number of para-hydroxylation sites is 1. The van der Waals surface area contributed by atoms with Crippen LogP contribution < -0.4 is 14.8 Å². The van der Waals surface area contributed by atoms with Crippen LogP contribution in [-0.4, -0.2) is 38.6 Å². The van der Waals surface area contributed by atoms with Crippen LogP contribution in [0.1, 0.15) is 18.7 Å². The number of rotatable bonds is 6. The zero-order valence-electron chi connectivity index (χ0n) is 15.8. The Bertz CT molecular complexity index is 1100. The number of hydrogen-bond donors (Lipinski definition) is 2. The molecule has 0 amide bonds. The number of hydrogen-bond acceptors (Lipinski definition) is 8. The number of nitrogens with zero attached hydrogens (tertiary/aromatic N) is 3. The average Bonchev–Trinajstić information content (AvgIpc) is 2.89. The number of anilines is 1. The number of carboxylic acid groups (broad SMARTS) is 1. The number of carboxylic acids is 1. The molecule has 4 rings (SSSR count). The van der Waals surface area contributed by atoms with Gasteiger partial charge in [0.05, 0.1) is 5.56 Å². The summed E-state index contributed by atoms with van der Waals surface area (Å²) in [6, 6.07) is 12.9. The average molecular weight is 489 g/mol. The molecule has 1 aromatic heterocycles. The van der Waals surface area contributed by atoms with E-state index in [1.165, 1.54) is 11.8 Å². The molecule has 2 N–H and O–H groups in total. The molecule has 0 aliphatic carbocycles. The number of fused-ring (bicyclic) bond motifs is 3. The van der Waals surface area contributed by atoms with Gasteiger partial charge in [0.2, 0.25) is 17.3 Å². The van der Waals surface area contributed by atoms with Gasteiger partial charge in [-0.3, -0.25) is 0 Å². The molecule has 0 fully saturated rings. The number of benzene rings is 2. The van der Waals surface area contributed by atoms with Crippen LogP contribution in [0.3, 0.4) is 0 Å². The largest absolute Gasteiger partial charge is 0.481 e. The van der Waals surface area contributed by atoms with E-state index < -0.39 is 18.8 Å². The Morgan fingerprint density at radius 1 is 1.30 bits per heavy atom. The molecule has 2 heterocycles. The molecule has 1 atom stereocenters. The Morgan fingerprint density at radius 3 is 2.93 bits per heavy atom. The Balaban J connectivity index is 1.80. The second-order valence-corrected chi connectivity index (χ2v) is 8.38. The first-order chi connectivity index (χ1) is 14.5. The quantitative estimate of drug-likeness (QED) is 0.488. The molecule has 1 aliphatic heterocycles. The van der Waals surface area contributed by atoms with Crippen LogP contribution in [0.4, 0.5) is 5.69 Å². The van der Waals surface area contributed by atoms with Gasteiger partial charge in [0, 0.05) is 15.7 Å². The predicted octanol–water partition coefficient (Wildman–Crippen LogP) is 4.38. The molecule has 30 heavy (non-hydrogen) atoms. The Morgan fingerprint density at radius 2 is 2.13 bits per heavy atom. The van der Waals surface area contributed by atoms with Gasteiger partial charge in [0.25, 0.3) is 0 Å². The van der Waals surface area contributed by atoms with Gasteiger partial charge in [-0.1, -0.05) is 46.7 Å². The molecule has 0 bridgehead atoms. The first-order valence-electron chi connectivity index (χ1n) is 9.09. The van der Waals surface area contributed by atoms with E-state index in [-0.39, 0.29) is 0 Å². The monoisotopic (exact) mass is 488 g/mol. The van der Waals surface area contributed by atoms with Crippen molar-refractivity contribution < 1.29 is 19.4 Å². The molecule has 0 saturated heterocycles. The first-order valence-corrected chi connectivity index (χ1v) is 10.9. The highest BCUT2D eigenvalue weighted by Crippen LogP contribution is 2.42. The molecule has 8 nitrogen and oxygen atoms in total. The van der Waals surface area contributed by atoms with Gasteiger partial charge in [-0.15, -0.1) is 10.2 Å². The van der Waals surface area contributed by atoms with Crippen molar-refractivity contribution in [3.05, 3.63) is 52.5 Å². The number of nitrogens with one attached hydrogen (secondary N) is 1. The lowest BCUT2D eigenvalue weighted by molar-refractivity contribution is -0.139. The predicted molar refractivity (Wildman–Crippen MR) is 116 cm³/mol. The molecule has 154 valence electrons. The maximum Gasteiger partial charge on any atom is 0.341 e. The lowest BCUT2D eigenvalue weighted by atomic mass is 10.1. The summed E-state index contributed by atoms with van der Waals surface area (Å²) in [5.74, 6) is 0.488. The summed E-state index contributed by atoms with van der Waals surface area (Å²) >= 11 is 4.96. The van der Waals surface area contributed by atoms with Crippen molar-refractivity contribution in [1.82, 2.24) is 15.2 Å². The van der Waals surface area contributed by atoms with Crippen LogP contribution in [-0.2, 0) is 4.79 Å². The number of carbonyl (C=O) groups is 1. The summed E-state index contributed by atoms with van der Waals surface area (Å²) in [7, 11) is 0. The normalized spacial score (nSPS) is 14.5. The summed E-state index contributed by atoms with van der Waals surface area (Å²) < 4.78 is 12.6. The maximum atomic E-state index is 11.0. The molecule has 0 saturated carbocycles. The third kappa shape index (κ3) is 4.34. The lowest BCUT2D eigenvalue weighted by Crippen LogP contribution is -2.19. The van der Waals surface area contributed by atoms with Crippen molar-refractivity contribution in [3.8, 4) is 22.9 Å². The molecule has 2 aromatic carbocycles. The van der Waals surface area contributed by atoms with Crippen LogP contribution in [0.15, 0.2) is 52.1 Å². The Kier molecular flexibility index (Phi) is 6.05. The van der Waals surface area contributed by atoms with Gasteiger partial charge < -0.3 is 19.9 Å². The van der Waals surface area contributed by atoms with E-state index in [1.807, 2.05) is 37.3 Å². The third-order valence-corrected chi connectivity index (χ3v) is 5.43. The van der Waals surface area contributed by atoms with Gasteiger partial charge in [-0.2, -0.15) is 4.98 Å². The fraction of sp³-hybridized carbons (Fsp3) is 0.200. The van der Waals surface area contributed by atoms with Gasteiger partial charge in [-0.25, -0.2) is 4.79 Å². The molecule has 0 unspecified atom stereocenters. The van der Waals surface area contributed by atoms with Crippen LogP contribution in [0.5, 0.6) is 11.6 Å². The Labute approximate surface area is 185 Å². The molecule has 0 spiro atoms. The third-order valence-electron chi connectivity index (χ3n) is 4.21. The van der Waals surface area contributed by atoms with E-state index in [9.17, 15) is 4.79 Å². The summed E-state index contributed by atoms with van der Waals surface area (Å²) in [5.41, 5.74) is 2.73. The van der Waals surface area contributed by atoms with Crippen LogP contribution in [0, 0.1) is 0 Å². The van der Waals surface area contributed by atoms with Crippen molar-refractivity contribution in [1.29, 1.82) is 0 Å². The van der Waals surface area contributed by atoms with Crippen molar-refractivity contribution in [2.24, 2.45) is 0 Å². The fourth-order valence-electron chi connectivity index (χ4n) is 2.97. The fourth-order valence-corrected chi connectivity index (χ4v) is 3.83. The summed E-state index contributed by atoms with van der Waals surface area (Å²) in [6.07, 6.45) is -0.674. The minimum absolute atomic E-state index is 0.336. The minimum Gasteiger partial charge on any atom is -0.481 e. The number of aliphatic carboxylic acids is 1. The van der Waals surface area contributed by atoms with E-state index in [4.69, 9.17) is 14.6 Å². The van der Waals surface area contributed by atoms with Gasteiger partial charge in [0.1, 0.15) is 5.75 Å². The van der Waals surface area contributed by atoms with E-state index in [1.54, 1.807) is 12.1 Å². The van der Waals surface area contributed by atoms with Crippen LogP contribution in [0.2, 0.25) is 0 Å². The molecule has 10 heteroatoms. The van der Waals surface area contributed by atoms with Crippen LogP contribution >= 0.6 is 27.7 Å². The number of halogens is 1. The van der Waals surface area contributed by atoms with Crippen molar-refractivity contribution in [2.45, 2.75) is 18.3 Å². The SMILES string of the molecule is CCSc1nnc2c(n1)O[C@@H](c1ccccc1OCC(=O)O)Nc1ccc(Br)cc1-2. The topological polar surface area (TPSA) is 106 Å². The highest BCUT2D eigenvalue weighted by atomic mass is 79.9. The van der Waals surface area contributed by atoms with E-state index >= 15 is 0 Å². The summed E-state index contributed by atoms with van der Waals surface area (Å²) in [5, 5.41) is 21.4. The zero-order valence-corrected chi connectivity index (χ0v) is 18.2. The molecule has 0 radical (unpaired) electrons. The van der Waals surface area contributed by atoms with Gasteiger partial charge >= 0.3 is 5.97 Å². The number of thioether (sulfide) groups is 1. The molecule has 3 aromatic rings. The van der Waals surface area contributed by atoms with Crippen molar-refractivity contribution in [2.75, 3.05) is 17.7 Å². The molecular weight excluding hydrogens is 472 g/mol. The van der Waals surface area contributed by atoms with Crippen molar-refractivity contribution >= 4 is 39.3 Å². The van der Waals surface area contributed by atoms with E-state index in [2.05, 4.69) is 36.4 Å². The van der Waals surface area contributed by atoms with Gasteiger partial charge in [0.15, 0.2) is 12.3 Å². The second kappa shape index (κ2) is 8.88. The first kappa shape index (κ1) is 20.4. The maximum absolute atomic E-state index is 11.0. The molecular formula is C20H17BrN4O4S. The second-order valence-electron chi connectivity index (χ2n) is 6.23. The van der Waals surface area contributed by atoms with E-state index in [0.29, 0.717) is 28.0 Å². The minimum atomic E-state index is -1.06. The van der Waals surface area contributed by atoms with E-state index in [0.717, 1.165) is 21.5 Å². The molecule has 1 aliphatic rings. The highest BCUT2D eigenvalue weighted by molar-refractivity contribution is 9.10.